The van der Waals surface area contributed by atoms with E-state index in [4.69, 9.17) is 4.42 Å². The number of benzene rings is 3. The number of aromatic nitrogens is 4. The number of carbonyl (C=O) groups is 1. The first-order chi connectivity index (χ1) is 15.6. The molecule has 0 aliphatic rings. The molecule has 0 fully saturated rings. The summed E-state index contributed by atoms with van der Waals surface area (Å²) in [6.07, 6.45) is 0. The van der Waals surface area contributed by atoms with Gasteiger partial charge in [0, 0.05) is 23.2 Å². The van der Waals surface area contributed by atoms with Crippen molar-refractivity contribution in [1.82, 2.24) is 19.7 Å². The largest absolute Gasteiger partial charge is 0.416 e. The third-order valence-electron chi connectivity index (χ3n) is 5.28. The predicted molar refractivity (Wildman–Crippen MR) is 123 cm³/mol. The molecule has 7 heteroatoms. The van der Waals surface area contributed by atoms with Crippen molar-refractivity contribution in [3.8, 4) is 22.9 Å². The van der Waals surface area contributed by atoms with Gasteiger partial charge in [0.1, 0.15) is 0 Å². The van der Waals surface area contributed by atoms with Crippen LogP contribution in [-0.4, -0.2) is 25.7 Å². The Bertz CT molecular complexity index is 1420. The summed E-state index contributed by atoms with van der Waals surface area (Å²) in [4.78, 5) is 17.4. The van der Waals surface area contributed by atoms with Gasteiger partial charge in [-0.15, -0.1) is 10.2 Å². The molecule has 0 aliphatic carbocycles. The average Bonchev–Trinajstić information content (AvgIpc) is 3.44. The normalized spacial score (nSPS) is 11.1. The first-order valence-corrected chi connectivity index (χ1v) is 10.4. The van der Waals surface area contributed by atoms with E-state index in [1.54, 1.807) is 24.3 Å². The van der Waals surface area contributed by atoms with Gasteiger partial charge in [0.05, 0.1) is 11.0 Å². The van der Waals surface area contributed by atoms with Crippen LogP contribution in [0.1, 0.15) is 22.8 Å². The fraction of sp³-hybridized carbons (Fsp3) is 0.120. The number of aryl methyl sites for hydroxylation is 2. The van der Waals surface area contributed by atoms with Crippen LogP contribution in [0.2, 0.25) is 0 Å². The Balaban J connectivity index is 1.36. The SMILES string of the molecule is CCn1c(NC(=O)c2ccc(-c3nnc(-c4cccc(C)c4)o3)cc2)nc2ccccc21. The number of nitrogens with zero attached hydrogens (tertiary/aromatic N) is 4. The summed E-state index contributed by atoms with van der Waals surface area (Å²) < 4.78 is 7.81. The number of rotatable bonds is 5. The summed E-state index contributed by atoms with van der Waals surface area (Å²) >= 11 is 0. The van der Waals surface area contributed by atoms with E-state index in [2.05, 4.69) is 20.5 Å². The van der Waals surface area contributed by atoms with Crippen molar-refractivity contribution in [2.75, 3.05) is 5.32 Å². The highest BCUT2D eigenvalue weighted by Gasteiger charge is 2.15. The first-order valence-electron chi connectivity index (χ1n) is 10.4. The van der Waals surface area contributed by atoms with Gasteiger partial charge in [-0.3, -0.25) is 10.1 Å². The highest BCUT2D eigenvalue weighted by atomic mass is 16.4. The minimum atomic E-state index is -0.229. The maximum absolute atomic E-state index is 12.8. The summed E-state index contributed by atoms with van der Waals surface area (Å²) in [6, 6.07) is 22.8. The van der Waals surface area contributed by atoms with Crippen molar-refractivity contribution < 1.29 is 9.21 Å². The van der Waals surface area contributed by atoms with E-state index < -0.39 is 0 Å². The second-order valence-electron chi connectivity index (χ2n) is 7.48. The molecule has 32 heavy (non-hydrogen) atoms. The van der Waals surface area contributed by atoms with Gasteiger partial charge in [-0.1, -0.05) is 29.8 Å². The van der Waals surface area contributed by atoms with Crippen molar-refractivity contribution >= 4 is 22.9 Å². The molecule has 158 valence electrons. The summed E-state index contributed by atoms with van der Waals surface area (Å²) in [5.41, 5.74) is 5.09. The summed E-state index contributed by atoms with van der Waals surface area (Å²) in [5.74, 6) is 1.17. The number of nitrogens with one attached hydrogen (secondary N) is 1. The number of para-hydroxylation sites is 2. The molecule has 0 saturated carbocycles. The fourth-order valence-corrected chi connectivity index (χ4v) is 3.66. The van der Waals surface area contributed by atoms with E-state index in [9.17, 15) is 4.79 Å². The molecule has 5 rings (SSSR count). The Hall–Kier alpha value is -4.26. The highest BCUT2D eigenvalue weighted by Crippen LogP contribution is 2.25. The van der Waals surface area contributed by atoms with E-state index in [0.717, 1.165) is 27.7 Å². The molecule has 1 N–H and O–H groups in total. The maximum atomic E-state index is 12.8. The zero-order valence-corrected chi connectivity index (χ0v) is 17.7. The van der Waals surface area contributed by atoms with E-state index in [0.29, 0.717) is 29.8 Å². The van der Waals surface area contributed by atoms with Gasteiger partial charge in [-0.2, -0.15) is 0 Å². The average molecular weight is 423 g/mol. The highest BCUT2D eigenvalue weighted by molar-refractivity contribution is 6.04. The van der Waals surface area contributed by atoms with Gasteiger partial charge in [0.25, 0.3) is 5.91 Å². The molecule has 0 atom stereocenters. The summed E-state index contributed by atoms with van der Waals surface area (Å²) in [5, 5.41) is 11.2. The fourth-order valence-electron chi connectivity index (χ4n) is 3.66. The van der Waals surface area contributed by atoms with E-state index >= 15 is 0 Å². The molecule has 5 aromatic rings. The van der Waals surface area contributed by atoms with Gasteiger partial charge in [0.15, 0.2) is 0 Å². The zero-order chi connectivity index (χ0) is 22.1. The molecule has 0 radical (unpaired) electrons. The van der Waals surface area contributed by atoms with Gasteiger partial charge in [-0.25, -0.2) is 4.98 Å². The molecule has 0 bridgehead atoms. The zero-order valence-electron chi connectivity index (χ0n) is 17.7. The predicted octanol–water partition coefficient (Wildman–Crippen LogP) is 5.33. The van der Waals surface area contributed by atoms with Crippen molar-refractivity contribution in [1.29, 1.82) is 0 Å². The lowest BCUT2D eigenvalue weighted by atomic mass is 10.1. The van der Waals surface area contributed by atoms with E-state index in [1.165, 1.54) is 0 Å². The van der Waals surface area contributed by atoms with Crippen molar-refractivity contribution in [2.24, 2.45) is 0 Å². The minimum absolute atomic E-state index is 0.229. The molecule has 0 unspecified atom stereocenters. The van der Waals surface area contributed by atoms with Crippen LogP contribution in [0, 0.1) is 6.92 Å². The second-order valence-corrected chi connectivity index (χ2v) is 7.48. The van der Waals surface area contributed by atoms with Crippen molar-refractivity contribution in [2.45, 2.75) is 20.4 Å². The van der Waals surface area contributed by atoms with E-state index in [1.807, 2.05) is 66.9 Å². The number of carbonyl (C=O) groups excluding carboxylic acids is 1. The van der Waals surface area contributed by atoms with Gasteiger partial charge in [0.2, 0.25) is 17.7 Å². The quantitative estimate of drug-likeness (QED) is 0.413. The Morgan fingerprint density at radius 1 is 0.938 bits per heavy atom. The standard InChI is InChI=1S/C25H21N5O2/c1-3-30-21-10-5-4-9-20(21)26-25(30)27-22(31)17-11-13-18(14-12-17)23-28-29-24(32-23)19-8-6-7-16(2)15-19/h4-15H,3H2,1-2H3,(H,26,27,31). The monoisotopic (exact) mass is 423 g/mol. The van der Waals surface area contributed by atoms with Gasteiger partial charge in [-0.05, 0) is 62.4 Å². The second kappa shape index (κ2) is 8.11. The molecule has 1 amide bonds. The number of amides is 1. The van der Waals surface area contributed by atoms with Crippen LogP contribution in [0.3, 0.4) is 0 Å². The van der Waals surface area contributed by atoms with Crippen molar-refractivity contribution in [3.63, 3.8) is 0 Å². The summed E-state index contributed by atoms with van der Waals surface area (Å²) in [7, 11) is 0. The van der Waals surface area contributed by atoms with Crippen LogP contribution in [0.5, 0.6) is 0 Å². The van der Waals surface area contributed by atoms with Crippen LogP contribution in [0.4, 0.5) is 5.95 Å². The van der Waals surface area contributed by atoms with Crippen LogP contribution < -0.4 is 5.32 Å². The van der Waals surface area contributed by atoms with E-state index in [-0.39, 0.29) is 5.91 Å². The van der Waals surface area contributed by atoms with Crippen LogP contribution >= 0.6 is 0 Å². The minimum Gasteiger partial charge on any atom is -0.416 e. The van der Waals surface area contributed by atoms with Gasteiger partial charge >= 0.3 is 0 Å². The molecule has 0 spiro atoms. The molecule has 0 aliphatic heterocycles. The van der Waals surface area contributed by atoms with Crippen LogP contribution in [-0.2, 0) is 6.54 Å². The Morgan fingerprint density at radius 3 is 2.44 bits per heavy atom. The molecule has 7 nitrogen and oxygen atoms in total. The smallest absolute Gasteiger partial charge is 0.257 e. The first kappa shape index (κ1) is 19.7. The molecule has 3 aromatic carbocycles. The van der Waals surface area contributed by atoms with Crippen LogP contribution in [0.15, 0.2) is 77.2 Å². The third kappa shape index (κ3) is 3.65. The molecule has 0 saturated heterocycles. The molecule has 2 aromatic heterocycles. The molecule has 2 heterocycles. The Morgan fingerprint density at radius 2 is 1.69 bits per heavy atom. The number of fused-ring (bicyclic) bond motifs is 1. The molecular formula is C25H21N5O2. The van der Waals surface area contributed by atoms with Crippen molar-refractivity contribution in [3.05, 3.63) is 83.9 Å². The number of hydrogen-bond acceptors (Lipinski definition) is 5. The number of anilines is 1. The summed E-state index contributed by atoms with van der Waals surface area (Å²) in [6.45, 7) is 4.74. The molecular weight excluding hydrogens is 402 g/mol. The lowest BCUT2D eigenvalue weighted by Gasteiger charge is -2.08. The third-order valence-corrected chi connectivity index (χ3v) is 5.28. The topological polar surface area (TPSA) is 85.8 Å². The van der Waals surface area contributed by atoms with Gasteiger partial charge < -0.3 is 8.98 Å². The number of imidazole rings is 1. The lowest BCUT2D eigenvalue weighted by molar-refractivity contribution is 0.102. The lowest BCUT2D eigenvalue weighted by Crippen LogP contribution is -2.15. The number of hydrogen-bond donors (Lipinski definition) is 1. The van der Waals surface area contributed by atoms with Crippen LogP contribution in [0.25, 0.3) is 33.9 Å². The Kier molecular flexibility index (Phi) is 4.99. The maximum Gasteiger partial charge on any atom is 0.257 e. The Labute approximate surface area is 184 Å².